The molecule has 2 rings (SSSR count). The third-order valence-corrected chi connectivity index (χ3v) is 3.36. The molecule has 0 heterocycles. The minimum atomic E-state index is -0.496. The molecule has 0 amide bonds. The highest BCUT2D eigenvalue weighted by molar-refractivity contribution is 9.10. The predicted octanol–water partition coefficient (Wildman–Crippen LogP) is 4.41. The van der Waals surface area contributed by atoms with Gasteiger partial charge in [-0.2, -0.15) is 0 Å². The van der Waals surface area contributed by atoms with Crippen LogP contribution in [-0.4, -0.2) is 11.9 Å². The van der Waals surface area contributed by atoms with Gasteiger partial charge in [0.1, 0.15) is 5.75 Å². The molecule has 1 atom stereocenters. The number of halogens is 1. The minimum Gasteiger partial charge on any atom is -0.483 e. The Kier molecular flexibility index (Phi) is 4.38. The van der Waals surface area contributed by atoms with Gasteiger partial charge in [0.05, 0.1) is 0 Å². The van der Waals surface area contributed by atoms with Crippen LogP contribution in [0.1, 0.15) is 22.8 Å². The molecule has 98 valence electrons. The van der Waals surface area contributed by atoms with Crippen molar-refractivity contribution in [2.24, 2.45) is 0 Å². The van der Waals surface area contributed by atoms with E-state index in [1.54, 1.807) is 19.1 Å². The van der Waals surface area contributed by atoms with E-state index in [0.29, 0.717) is 11.3 Å². The average molecular weight is 319 g/mol. The Bertz CT molecular complexity index is 558. The van der Waals surface area contributed by atoms with Crippen molar-refractivity contribution in [3.63, 3.8) is 0 Å². The second-order valence-corrected chi connectivity index (χ2v) is 5.36. The van der Waals surface area contributed by atoms with E-state index in [1.807, 2.05) is 43.3 Å². The summed E-state index contributed by atoms with van der Waals surface area (Å²) in [6.45, 7) is 3.78. The molecule has 2 aromatic carbocycles. The predicted molar refractivity (Wildman–Crippen MR) is 79.7 cm³/mol. The molecule has 3 heteroatoms. The van der Waals surface area contributed by atoms with E-state index in [9.17, 15) is 4.79 Å². The molecule has 0 spiro atoms. The van der Waals surface area contributed by atoms with Gasteiger partial charge in [0.2, 0.25) is 5.78 Å². The molecule has 2 aromatic rings. The molecule has 0 N–H and O–H groups in total. The van der Waals surface area contributed by atoms with Gasteiger partial charge in [0, 0.05) is 10.0 Å². The summed E-state index contributed by atoms with van der Waals surface area (Å²) in [6, 6.07) is 15.0. The molecule has 0 aliphatic rings. The third kappa shape index (κ3) is 3.67. The minimum absolute atomic E-state index is 0.0203. The smallest absolute Gasteiger partial charge is 0.202 e. The lowest BCUT2D eigenvalue weighted by Crippen LogP contribution is -2.23. The number of hydrogen-bond donors (Lipinski definition) is 0. The highest BCUT2D eigenvalue weighted by Gasteiger charge is 2.16. The Morgan fingerprint density at radius 3 is 2.21 bits per heavy atom. The summed E-state index contributed by atoms with van der Waals surface area (Å²) in [6.07, 6.45) is -0.496. The Balaban J connectivity index is 2.07. The molecule has 0 radical (unpaired) electrons. The van der Waals surface area contributed by atoms with Crippen LogP contribution in [0.3, 0.4) is 0 Å². The van der Waals surface area contributed by atoms with Crippen molar-refractivity contribution in [2.75, 3.05) is 0 Å². The first-order chi connectivity index (χ1) is 9.06. The van der Waals surface area contributed by atoms with Crippen molar-refractivity contribution >= 4 is 21.7 Å². The van der Waals surface area contributed by atoms with Crippen LogP contribution >= 0.6 is 15.9 Å². The fraction of sp³-hybridized carbons (Fsp3) is 0.188. The monoisotopic (exact) mass is 318 g/mol. The van der Waals surface area contributed by atoms with Gasteiger partial charge >= 0.3 is 0 Å². The van der Waals surface area contributed by atoms with E-state index in [2.05, 4.69) is 15.9 Å². The number of Topliss-reactive ketones (excluding diaryl/α,β-unsaturated/α-hetero) is 1. The molecular weight excluding hydrogens is 304 g/mol. The molecule has 0 bridgehead atoms. The Hall–Kier alpha value is -1.61. The van der Waals surface area contributed by atoms with E-state index in [1.165, 1.54) is 5.56 Å². The Morgan fingerprint density at radius 1 is 1.05 bits per heavy atom. The Labute approximate surface area is 121 Å². The molecular formula is C16H15BrO2. The maximum Gasteiger partial charge on any atom is 0.202 e. The zero-order valence-corrected chi connectivity index (χ0v) is 12.5. The lowest BCUT2D eigenvalue weighted by Gasteiger charge is -2.14. The van der Waals surface area contributed by atoms with Gasteiger partial charge in [0.15, 0.2) is 6.10 Å². The van der Waals surface area contributed by atoms with Crippen molar-refractivity contribution in [1.29, 1.82) is 0 Å². The van der Waals surface area contributed by atoms with Crippen molar-refractivity contribution in [3.8, 4) is 5.75 Å². The number of rotatable bonds is 4. The van der Waals surface area contributed by atoms with E-state index >= 15 is 0 Å². The number of carbonyl (C=O) groups is 1. The van der Waals surface area contributed by atoms with Gasteiger partial charge in [-0.25, -0.2) is 0 Å². The van der Waals surface area contributed by atoms with Crippen molar-refractivity contribution < 1.29 is 9.53 Å². The van der Waals surface area contributed by atoms with Gasteiger partial charge in [-0.05, 0) is 38.1 Å². The molecule has 1 unspecified atom stereocenters. The van der Waals surface area contributed by atoms with Gasteiger partial charge in [0.25, 0.3) is 0 Å². The summed E-state index contributed by atoms with van der Waals surface area (Å²) in [5.41, 5.74) is 1.82. The maximum absolute atomic E-state index is 12.2. The summed E-state index contributed by atoms with van der Waals surface area (Å²) in [7, 11) is 0. The van der Waals surface area contributed by atoms with Crippen LogP contribution in [-0.2, 0) is 0 Å². The summed E-state index contributed by atoms with van der Waals surface area (Å²) < 4.78 is 6.61. The summed E-state index contributed by atoms with van der Waals surface area (Å²) >= 11 is 3.35. The van der Waals surface area contributed by atoms with E-state index in [4.69, 9.17) is 4.74 Å². The molecule has 19 heavy (non-hydrogen) atoms. The lowest BCUT2D eigenvalue weighted by molar-refractivity contribution is 0.0818. The number of hydrogen-bond acceptors (Lipinski definition) is 2. The molecule has 0 aliphatic carbocycles. The van der Waals surface area contributed by atoms with Gasteiger partial charge in [-0.15, -0.1) is 0 Å². The van der Waals surface area contributed by atoms with Crippen LogP contribution in [0, 0.1) is 6.92 Å². The van der Waals surface area contributed by atoms with Crippen LogP contribution in [0.4, 0.5) is 0 Å². The highest BCUT2D eigenvalue weighted by atomic mass is 79.9. The zero-order valence-electron chi connectivity index (χ0n) is 10.9. The van der Waals surface area contributed by atoms with Crippen LogP contribution in [0.2, 0.25) is 0 Å². The fourth-order valence-electron chi connectivity index (χ4n) is 1.72. The van der Waals surface area contributed by atoms with Crippen LogP contribution in [0.5, 0.6) is 5.75 Å². The van der Waals surface area contributed by atoms with E-state index in [-0.39, 0.29) is 5.78 Å². The first-order valence-electron chi connectivity index (χ1n) is 6.09. The lowest BCUT2D eigenvalue weighted by atomic mass is 10.1. The van der Waals surface area contributed by atoms with Crippen molar-refractivity contribution in [2.45, 2.75) is 20.0 Å². The van der Waals surface area contributed by atoms with Gasteiger partial charge in [-0.3, -0.25) is 4.79 Å². The maximum atomic E-state index is 12.2. The second kappa shape index (κ2) is 6.02. The summed E-state index contributed by atoms with van der Waals surface area (Å²) in [5.74, 6) is 0.691. The topological polar surface area (TPSA) is 26.3 Å². The largest absolute Gasteiger partial charge is 0.483 e. The SMILES string of the molecule is Cc1ccc(OC(C)C(=O)c2ccc(Br)cc2)cc1. The Morgan fingerprint density at radius 2 is 1.63 bits per heavy atom. The fourth-order valence-corrected chi connectivity index (χ4v) is 1.99. The standard InChI is InChI=1S/C16H15BrO2/c1-11-3-9-15(10-4-11)19-12(2)16(18)13-5-7-14(17)8-6-13/h3-10,12H,1-2H3. The zero-order chi connectivity index (χ0) is 13.8. The molecule has 0 fully saturated rings. The number of ether oxygens (including phenoxy) is 1. The summed E-state index contributed by atoms with van der Waals surface area (Å²) in [4.78, 5) is 12.2. The first-order valence-corrected chi connectivity index (χ1v) is 6.88. The number of benzene rings is 2. The molecule has 0 saturated carbocycles. The van der Waals surface area contributed by atoms with E-state index in [0.717, 1.165) is 4.47 Å². The molecule has 0 aromatic heterocycles. The second-order valence-electron chi connectivity index (χ2n) is 4.44. The molecule has 0 aliphatic heterocycles. The third-order valence-electron chi connectivity index (χ3n) is 2.83. The highest BCUT2D eigenvalue weighted by Crippen LogP contribution is 2.17. The van der Waals surface area contributed by atoms with Gasteiger partial charge < -0.3 is 4.74 Å². The average Bonchev–Trinajstić information content (AvgIpc) is 2.41. The summed E-state index contributed by atoms with van der Waals surface area (Å²) in [5, 5.41) is 0. The van der Waals surface area contributed by atoms with Crippen molar-refractivity contribution in [3.05, 3.63) is 64.1 Å². The quantitative estimate of drug-likeness (QED) is 0.781. The normalized spacial score (nSPS) is 11.9. The number of aryl methyl sites for hydroxylation is 1. The van der Waals surface area contributed by atoms with Crippen LogP contribution in [0.15, 0.2) is 53.0 Å². The van der Waals surface area contributed by atoms with Crippen LogP contribution in [0.25, 0.3) is 0 Å². The number of carbonyl (C=O) groups excluding carboxylic acids is 1. The van der Waals surface area contributed by atoms with Gasteiger partial charge in [-0.1, -0.05) is 45.8 Å². The first kappa shape index (κ1) is 13.8. The van der Waals surface area contributed by atoms with Crippen LogP contribution < -0.4 is 4.74 Å². The number of ketones is 1. The molecule has 2 nitrogen and oxygen atoms in total. The van der Waals surface area contributed by atoms with E-state index < -0.39 is 6.10 Å². The van der Waals surface area contributed by atoms with Crippen molar-refractivity contribution in [1.82, 2.24) is 0 Å². The molecule has 0 saturated heterocycles.